The van der Waals surface area contributed by atoms with Crippen molar-refractivity contribution in [3.05, 3.63) is 42.0 Å². The van der Waals surface area contributed by atoms with Crippen LogP contribution in [-0.4, -0.2) is 36.9 Å². The Kier molecular flexibility index (Phi) is 7.02. The van der Waals surface area contributed by atoms with Gasteiger partial charge in [-0.15, -0.1) is 0 Å². The topological polar surface area (TPSA) is 29.5 Å². The summed E-state index contributed by atoms with van der Waals surface area (Å²) in [6.45, 7) is 5.59. The maximum absolute atomic E-state index is 11.1. The molecule has 0 saturated heterocycles. The summed E-state index contributed by atoms with van der Waals surface area (Å²) < 4.78 is 5.68. The molecular weight excluding hydrogens is 250 g/mol. The van der Waals surface area contributed by atoms with Crippen molar-refractivity contribution in [2.45, 2.75) is 27.2 Å². The first-order chi connectivity index (χ1) is 9.25. The molecule has 1 aliphatic rings. The van der Waals surface area contributed by atoms with Crippen LogP contribution in [0.25, 0.3) is 0 Å². The van der Waals surface area contributed by atoms with Crippen LogP contribution in [0.3, 0.4) is 0 Å². The number of rotatable bonds is 6. The molecule has 0 aromatic heterocycles. The molecule has 0 fully saturated rings. The summed E-state index contributed by atoms with van der Waals surface area (Å²) in [4.78, 5) is 13.6. The molecule has 1 aliphatic heterocycles. The standard InChI is InChI=1S/C16H21NO2.CH4/c1-14(18)15-6-8-16(9-7-15)19-13-5-12-17-10-3-2-4-11-17;/h2-3,6-9H,4-5,10-13H2,1H3;1H4. The smallest absolute Gasteiger partial charge is 0.159 e. The summed E-state index contributed by atoms with van der Waals surface area (Å²) in [5, 5.41) is 0. The molecule has 0 bridgehead atoms. The molecule has 0 atom stereocenters. The van der Waals surface area contributed by atoms with Gasteiger partial charge in [-0.25, -0.2) is 0 Å². The van der Waals surface area contributed by atoms with Gasteiger partial charge in [-0.1, -0.05) is 19.6 Å². The van der Waals surface area contributed by atoms with Crippen molar-refractivity contribution in [3.63, 3.8) is 0 Å². The summed E-state index contributed by atoms with van der Waals surface area (Å²) in [5.41, 5.74) is 0.729. The van der Waals surface area contributed by atoms with E-state index in [1.807, 2.05) is 24.3 Å². The van der Waals surface area contributed by atoms with E-state index in [4.69, 9.17) is 4.74 Å². The van der Waals surface area contributed by atoms with Gasteiger partial charge >= 0.3 is 0 Å². The summed E-state index contributed by atoms with van der Waals surface area (Å²) in [6.07, 6.45) is 6.66. The highest BCUT2D eigenvalue weighted by Crippen LogP contribution is 2.13. The number of ether oxygens (including phenoxy) is 1. The molecule has 2 rings (SSSR count). The summed E-state index contributed by atoms with van der Waals surface area (Å²) in [7, 11) is 0. The van der Waals surface area contributed by atoms with E-state index in [2.05, 4.69) is 17.1 Å². The van der Waals surface area contributed by atoms with Crippen LogP contribution in [0.5, 0.6) is 5.75 Å². The van der Waals surface area contributed by atoms with E-state index in [1.165, 1.54) is 0 Å². The Morgan fingerprint density at radius 3 is 2.60 bits per heavy atom. The SMILES string of the molecule is C.CC(=O)c1ccc(OCCCN2CC=CCC2)cc1. The van der Waals surface area contributed by atoms with E-state index in [-0.39, 0.29) is 13.2 Å². The fourth-order valence-electron chi connectivity index (χ4n) is 2.16. The van der Waals surface area contributed by atoms with Crippen LogP contribution in [0.1, 0.15) is 37.6 Å². The Bertz CT molecular complexity index is 437. The first kappa shape index (κ1) is 16.4. The highest BCUT2D eigenvalue weighted by molar-refractivity contribution is 5.94. The molecule has 0 spiro atoms. The molecular formula is C17H25NO2. The number of benzene rings is 1. The first-order valence-electron chi connectivity index (χ1n) is 6.87. The Hall–Kier alpha value is -1.61. The zero-order valence-corrected chi connectivity index (χ0v) is 11.5. The lowest BCUT2D eigenvalue weighted by atomic mass is 10.1. The average molecular weight is 275 g/mol. The molecule has 1 aromatic rings. The predicted molar refractivity (Wildman–Crippen MR) is 83.5 cm³/mol. The number of hydrogen-bond acceptors (Lipinski definition) is 3. The molecule has 3 heteroatoms. The maximum atomic E-state index is 11.1. The van der Waals surface area contributed by atoms with Crippen molar-refractivity contribution >= 4 is 5.78 Å². The van der Waals surface area contributed by atoms with Crippen LogP contribution in [0.4, 0.5) is 0 Å². The molecule has 110 valence electrons. The summed E-state index contributed by atoms with van der Waals surface area (Å²) in [5.74, 6) is 0.924. The number of carbonyl (C=O) groups is 1. The zero-order valence-electron chi connectivity index (χ0n) is 11.5. The van der Waals surface area contributed by atoms with Crippen LogP contribution in [-0.2, 0) is 0 Å². The van der Waals surface area contributed by atoms with E-state index >= 15 is 0 Å². The van der Waals surface area contributed by atoms with Crippen LogP contribution < -0.4 is 4.74 Å². The van der Waals surface area contributed by atoms with Crippen molar-refractivity contribution in [2.75, 3.05) is 26.2 Å². The molecule has 0 amide bonds. The molecule has 0 radical (unpaired) electrons. The molecule has 0 aliphatic carbocycles. The van der Waals surface area contributed by atoms with Gasteiger partial charge in [-0.2, -0.15) is 0 Å². The van der Waals surface area contributed by atoms with Gasteiger partial charge in [0.2, 0.25) is 0 Å². The Labute approximate surface area is 122 Å². The fourth-order valence-corrected chi connectivity index (χ4v) is 2.16. The lowest BCUT2D eigenvalue weighted by Crippen LogP contribution is -2.29. The van der Waals surface area contributed by atoms with Crippen molar-refractivity contribution in [1.82, 2.24) is 4.90 Å². The van der Waals surface area contributed by atoms with Crippen LogP contribution in [0.2, 0.25) is 0 Å². The number of nitrogens with zero attached hydrogens (tertiary/aromatic N) is 1. The van der Waals surface area contributed by atoms with Gasteiger partial charge in [0.15, 0.2) is 5.78 Å². The third-order valence-electron chi connectivity index (χ3n) is 3.29. The molecule has 3 nitrogen and oxygen atoms in total. The molecule has 0 unspecified atom stereocenters. The summed E-state index contributed by atoms with van der Waals surface area (Å²) >= 11 is 0. The Balaban J connectivity index is 0.00000200. The zero-order chi connectivity index (χ0) is 13.5. The van der Waals surface area contributed by atoms with Crippen LogP contribution in [0, 0.1) is 0 Å². The number of carbonyl (C=O) groups excluding carboxylic acids is 1. The van der Waals surface area contributed by atoms with E-state index < -0.39 is 0 Å². The van der Waals surface area contributed by atoms with E-state index in [0.717, 1.165) is 50.4 Å². The second kappa shape index (κ2) is 8.54. The third-order valence-corrected chi connectivity index (χ3v) is 3.29. The van der Waals surface area contributed by atoms with Crippen molar-refractivity contribution < 1.29 is 9.53 Å². The van der Waals surface area contributed by atoms with Gasteiger partial charge in [0.1, 0.15) is 5.75 Å². The minimum absolute atomic E-state index is 0. The van der Waals surface area contributed by atoms with Gasteiger partial charge < -0.3 is 4.74 Å². The van der Waals surface area contributed by atoms with Crippen molar-refractivity contribution in [1.29, 1.82) is 0 Å². The Morgan fingerprint density at radius 1 is 1.25 bits per heavy atom. The molecule has 1 aromatic carbocycles. The minimum Gasteiger partial charge on any atom is -0.494 e. The largest absolute Gasteiger partial charge is 0.494 e. The lowest BCUT2D eigenvalue weighted by molar-refractivity contribution is 0.101. The quantitative estimate of drug-likeness (QED) is 0.452. The maximum Gasteiger partial charge on any atom is 0.159 e. The molecule has 0 saturated carbocycles. The second-order valence-corrected chi connectivity index (χ2v) is 4.84. The van der Waals surface area contributed by atoms with Crippen LogP contribution >= 0.6 is 0 Å². The molecule has 0 N–H and O–H groups in total. The van der Waals surface area contributed by atoms with E-state index in [0.29, 0.717) is 0 Å². The van der Waals surface area contributed by atoms with Crippen molar-refractivity contribution in [2.24, 2.45) is 0 Å². The van der Waals surface area contributed by atoms with E-state index in [1.54, 1.807) is 6.92 Å². The third kappa shape index (κ3) is 5.17. The Morgan fingerprint density at radius 2 is 2.00 bits per heavy atom. The molecule has 1 heterocycles. The van der Waals surface area contributed by atoms with Gasteiger partial charge in [0.25, 0.3) is 0 Å². The van der Waals surface area contributed by atoms with Gasteiger partial charge in [-0.05, 0) is 44.0 Å². The second-order valence-electron chi connectivity index (χ2n) is 4.84. The monoisotopic (exact) mass is 275 g/mol. The number of ketones is 1. The minimum atomic E-state index is 0. The van der Waals surface area contributed by atoms with Crippen molar-refractivity contribution in [3.8, 4) is 5.75 Å². The fraction of sp³-hybridized carbons (Fsp3) is 0.471. The van der Waals surface area contributed by atoms with Gasteiger partial charge in [0.05, 0.1) is 6.61 Å². The van der Waals surface area contributed by atoms with Crippen LogP contribution in [0.15, 0.2) is 36.4 Å². The number of Topliss-reactive ketones (excluding diaryl/α,β-unsaturated/α-hetero) is 1. The van der Waals surface area contributed by atoms with Gasteiger partial charge in [0, 0.05) is 25.2 Å². The summed E-state index contributed by atoms with van der Waals surface area (Å²) in [6, 6.07) is 7.35. The van der Waals surface area contributed by atoms with E-state index in [9.17, 15) is 4.79 Å². The highest BCUT2D eigenvalue weighted by atomic mass is 16.5. The predicted octanol–water partition coefficient (Wildman–Crippen LogP) is 3.56. The lowest BCUT2D eigenvalue weighted by Gasteiger charge is -2.22. The normalized spacial score (nSPS) is 14.7. The average Bonchev–Trinajstić information content (AvgIpc) is 2.45. The first-order valence-corrected chi connectivity index (χ1v) is 6.87. The number of hydrogen-bond donors (Lipinski definition) is 0. The highest BCUT2D eigenvalue weighted by Gasteiger charge is 2.05. The molecule has 20 heavy (non-hydrogen) atoms. The van der Waals surface area contributed by atoms with Gasteiger partial charge in [-0.3, -0.25) is 9.69 Å².